The fourth-order valence-electron chi connectivity index (χ4n) is 10.4. The molecule has 0 spiro atoms. The van der Waals surface area contributed by atoms with Gasteiger partial charge in [0.1, 0.15) is 29.3 Å². The van der Waals surface area contributed by atoms with Gasteiger partial charge in [-0.05, 0) is 48.1 Å². The van der Waals surface area contributed by atoms with E-state index < -0.39 is 17.8 Å². The van der Waals surface area contributed by atoms with Crippen molar-refractivity contribution in [1.29, 1.82) is 0 Å². The molecule has 78 heavy (non-hydrogen) atoms. The number of aryl methyl sites for hydroxylation is 1. The van der Waals surface area contributed by atoms with Gasteiger partial charge in [-0.2, -0.15) is 0 Å². The van der Waals surface area contributed by atoms with Crippen LogP contribution in [-0.2, 0) is 19.8 Å². The summed E-state index contributed by atoms with van der Waals surface area (Å²) in [6.07, 6.45) is 42.3. The summed E-state index contributed by atoms with van der Waals surface area (Å²) >= 11 is 0. The summed E-state index contributed by atoms with van der Waals surface area (Å²) in [5.74, 6) is 1.07. The summed E-state index contributed by atoms with van der Waals surface area (Å²) in [5.41, 5.74) is 3.56. The highest BCUT2D eigenvalue weighted by molar-refractivity contribution is 5.65. The van der Waals surface area contributed by atoms with Crippen molar-refractivity contribution in [3.8, 4) is 11.5 Å². The third kappa shape index (κ3) is 29.8. The highest BCUT2D eigenvalue weighted by Crippen LogP contribution is 2.41. The van der Waals surface area contributed by atoms with E-state index in [4.69, 9.17) is 30.3 Å². The fraction of sp³-hybridized carbons (Fsp3) is 0.643. The number of benzene rings is 4. The van der Waals surface area contributed by atoms with Gasteiger partial charge in [-0.3, -0.25) is 0 Å². The first-order valence-corrected chi connectivity index (χ1v) is 31.4. The van der Waals surface area contributed by atoms with E-state index in [-0.39, 0.29) is 19.8 Å². The van der Waals surface area contributed by atoms with E-state index >= 15 is 0 Å². The van der Waals surface area contributed by atoms with Gasteiger partial charge in [0, 0.05) is 19.3 Å². The van der Waals surface area contributed by atoms with Crippen LogP contribution in [0.15, 0.2) is 103 Å². The lowest BCUT2D eigenvalue weighted by Gasteiger charge is -2.36. The second-order valence-electron chi connectivity index (χ2n) is 21.8. The molecular weight excluding hydrogens is 967 g/mol. The summed E-state index contributed by atoms with van der Waals surface area (Å²) in [5, 5.41) is 20.5. The second kappa shape index (κ2) is 46.5. The predicted molar refractivity (Wildman–Crippen MR) is 327 cm³/mol. The lowest BCUT2D eigenvalue weighted by Crippen LogP contribution is -2.36. The number of unbranched alkanes of at least 4 members (excludes halogenated alkanes) is 30. The highest BCUT2D eigenvalue weighted by atomic mass is 16.5. The number of aliphatic hydroxyl groups is 2. The topological polar surface area (TPSA) is 91.0 Å². The zero-order valence-electron chi connectivity index (χ0n) is 49.7. The van der Waals surface area contributed by atoms with Gasteiger partial charge >= 0.3 is 0 Å². The monoisotopic (exact) mass is 1080 g/mol. The first-order chi connectivity index (χ1) is 38.4. The second-order valence-corrected chi connectivity index (χ2v) is 21.8. The van der Waals surface area contributed by atoms with E-state index in [0.29, 0.717) is 37.0 Å². The normalized spacial score (nSPS) is 12.2. The minimum absolute atomic E-state index is 0.120. The van der Waals surface area contributed by atoms with Gasteiger partial charge in [0.05, 0.1) is 40.1 Å². The van der Waals surface area contributed by atoms with Crippen LogP contribution in [0, 0.1) is 13.5 Å². The van der Waals surface area contributed by atoms with Gasteiger partial charge < -0.3 is 33.9 Å². The van der Waals surface area contributed by atoms with Crippen LogP contribution >= 0.6 is 0 Å². The van der Waals surface area contributed by atoms with Gasteiger partial charge in [-0.15, -0.1) is 0 Å². The Bertz CT molecular complexity index is 1910. The number of aliphatic hydroxyl groups excluding tert-OH is 2. The first-order valence-electron chi connectivity index (χ1n) is 31.4. The van der Waals surface area contributed by atoms with Gasteiger partial charge in [0.15, 0.2) is 0 Å². The number of rotatable bonds is 48. The molecule has 436 valence electrons. The quantitative estimate of drug-likeness (QED) is 0.0259. The molecule has 0 aliphatic heterocycles. The standard InChI is InChI=1S/C40H58O3.C30H51NO4/c1-2-3-4-5-6-7-8-9-10-11-12-13-14-15-16-26-33-42-34-39(41)35-43-40(36-27-20-17-21-28-36,37-29-22-18-23-30-37)38-31-24-19-25-32-38;1-5-6-7-8-9-10-11-12-13-14-15-16-17-18-19-20-21-34-25-28(24-32)35-27-22-26(2)30(31-3)29(23-27)33-4/h17-25,27-32,39,41H,2-16,26,33-35H2,1H3;22-23,28,32H,5-21,24-25H2,1-2,4H3/t39-;28-/m10/s1. The molecule has 4 rings (SSSR count). The number of nitrogens with zero attached hydrogens (tertiary/aromatic N) is 1. The maximum absolute atomic E-state index is 10.8. The van der Waals surface area contributed by atoms with Crippen LogP contribution in [0.4, 0.5) is 5.69 Å². The fourth-order valence-corrected chi connectivity index (χ4v) is 10.4. The molecule has 0 saturated heterocycles. The Kier molecular flexibility index (Phi) is 40.6. The molecule has 0 fully saturated rings. The molecule has 0 bridgehead atoms. The maximum atomic E-state index is 10.8. The van der Waals surface area contributed by atoms with Gasteiger partial charge in [0.25, 0.3) is 0 Å². The van der Waals surface area contributed by atoms with Gasteiger partial charge in [0.2, 0.25) is 5.69 Å². The summed E-state index contributed by atoms with van der Waals surface area (Å²) in [4.78, 5) is 3.51. The van der Waals surface area contributed by atoms with Crippen molar-refractivity contribution in [1.82, 2.24) is 0 Å². The van der Waals surface area contributed by atoms with E-state index in [1.165, 1.54) is 200 Å². The van der Waals surface area contributed by atoms with E-state index in [1.807, 2.05) is 61.5 Å². The number of methoxy groups -OCH3 is 1. The van der Waals surface area contributed by atoms with Gasteiger partial charge in [-0.1, -0.05) is 297 Å². The number of hydrogen-bond acceptors (Lipinski definition) is 7. The Morgan fingerprint density at radius 3 is 1.15 bits per heavy atom. The molecule has 8 heteroatoms. The predicted octanol–water partition coefficient (Wildman–Crippen LogP) is 19.2. The van der Waals surface area contributed by atoms with Crippen molar-refractivity contribution >= 4 is 5.69 Å². The van der Waals surface area contributed by atoms with Crippen molar-refractivity contribution in [2.45, 2.75) is 244 Å². The summed E-state index contributed by atoms with van der Waals surface area (Å²) in [6, 6.07) is 34.4. The summed E-state index contributed by atoms with van der Waals surface area (Å²) in [7, 11) is 1.54. The zero-order chi connectivity index (χ0) is 55.8. The van der Waals surface area contributed by atoms with Crippen molar-refractivity contribution in [2.75, 3.05) is 46.8 Å². The average molecular weight is 1080 g/mol. The van der Waals surface area contributed by atoms with Crippen LogP contribution in [-0.4, -0.2) is 69.2 Å². The molecule has 2 atom stereocenters. The molecule has 0 aliphatic rings. The first kappa shape index (κ1) is 68.0. The molecule has 0 radical (unpaired) electrons. The molecule has 0 heterocycles. The maximum Gasteiger partial charge on any atom is 0.231 e. The smallest absolute Gasteiger partial charge is 0.231 e. The Morgan fingerprint density at radius 1 is 0.474 bits per heavy atom. The van der Waals surface area contributed by atoms with E-state index in [1.54, 1.807) is 12.1 Å². The van der Waals surface area contributed by atoms with Crippen LogP contribution < -0.4 is 9.47 Å². The largest absolute Gasteiger partial charge is 0.508 e. The third-order valence-electron chi connectivity index (χ3n) is 15.0. The van der Waals surface area contributed by atoms with Crippen LogP contribution in [0.25, 0.3) is 4.85 Å². The SMILES string of the molecule is CCCCCCCCCCCCCCCCCCOC[C@@H](O)COC(c1ccccc1)(c1ccccc1)c1ccccc1.[C-]#[N+]c1c(C)cc(O[C@@H](CO)COCCCCCCCCCCCCCCCCCC)cc1OC. The van der Waals surface area contributed by atoms with Crippen molar-refractivity contribution in [3.05, 3.63) is 137 Å². The molecule has 0 amide bonds. The molecule has 0 aliphatic carbocycles. The average Bonchev–Trinajstić information content (AvgIpc) is 3.61. The molecule has 0 saturated carbocycles. The molecule has 0 unspecified atom stereocenters. The van der Waals surface area contributed by atoms with Crippen LogP contribution in [0.2, 0.25) is 0 Å². The summed E-state index contributed by atoms with van der Waals surface area (Å²) < 4.78 is 29.5. The molecule has 8 nitrogen and oxygen atoms in total. The molecule has 2 N–H and O–H groups in total. The Morgan fingerprint density at radius 2 is 0.821 bits per heavy atom. The lowest BCUT2D eigenvalue weighted by molar-refractivity contribution is -0.0641. The minimum atomic E-state index is -0.821. The van der Waals surface area contributed by atoms with E-state index in [9.17, 15) is 10.2 Å². The highest BCUT2D eigenvalue weighted by Gasteiger charge is 2.38. The van der Waals surface area contributed by atoms with Gasteiger partial charge in [-0.25, -0.2) is 4.85 Å². The molecule has 4 aromatic carbocycles. The zero-order valence-corrected chi connectivity index (χ0v) is 49.7. The van der Waals surface area contributed by atoms with Crippen LogP contribution in [0.5, 0.6) is 11.5 Å². The lowest BCUT2D eigenvalue weighted by atomic mass is 9.80. The van der Waals surface area contributed by atoms with E-state index in [2.05, 4.69) is 55.1 Å². The Hall–Kier alpha value is -4.23. The number of hydrogen-bond donors (Lipinski definition) is 2. The Labute approximate surface area is 476 Å². The number of ether oxygens (including phenoxy) is 5. The Balaban J connectivity index is 0.000000420. The van der Waals surface area contributed by atoms with Crippen LogP contribution in [0.1, 0.15) is 242 Å². The van der Waals surface area contributed by atoms with E-state index in [0.717, 1.165) is 35.1 Å². The molecule has 0 aromatic heterocycles. The molecular formula is C70H109NO7. The molecule has 4 aromatic rings. The van der Waals surface area contributed by atoms with Crippen LogP contribution in [0.3, 0.4) is 0 Å². The van der Waals surface area contributed by atoms with Crippen molar-refractivity contribution in [2.24, 2.45) is 0 Å². The minimum Gasteiger partial charge on any atom is -0.508 e. The van der Waals surface area contributed by atoms with Crippen molar-refractivity contribution < 1.29 is 33.9 Å². The van der Waals surface area contributed by atoms with Crippen molar-refractivity contribution in [3.63, 3.8) is 0 Å². The summed E-state index contributed by atoms with van der Waals surface area (Å²) in [6.45, 7) is 15.8. The third-order valence-corrected chi connectivity index (χ3v) is 15.0.